The monoisotopic (exact) mass is 372 g/mol. The first-order valence-corrected chi connectivity index (χ1v) is 8.27. The molecular weight excluding hydrogens is 352 g/mol. The van der Waals surface area contributed by atoms with Gasteiger partial charge < -0.3 is 14.4 Å². The summed E-state index contributed by atoms with van der Waals surface area (Å²) in [4.78, 5) is 36.1. The van der Waals surface area contributed by atoms with Crippen LogP contribution in [0.5, 0.6) is 5.75 Å². The average molecular weight is 372 g/mol. The maximum Gasteiger partial charge on any atom is 0.338 e. The van der Waals surface area contributed by atoms with E-state index in [1.165, 1.54) is 19.2 Å². The van der Waals surface area contributed by atoms with Crippen LogP contribution in [0.2, 0.25) is 0 Å². The Morgan fingerprint density at radius 3 is 2.44 bits per heavy atom. The fourth-order valence-corrected chi connectivity index (χ4v) is 2.44. The predicted molar refractivity (Wildman–Crippen MR) is 97.5 cm³/mol. The number of esters is 1. The van der Waals surface area contributed by atoms with Gasteiger partial charge in [0.1, 0.15) is 0 Å². The maximum atomic E-state index is 12.4. The lowest BCUT2D eigenvalue weighted by Crippen LogP contribution is -2.34. The van der Waals surface area contributed by atoms with Gasteiger partial charge in [-0.2, -0.15) is 0 Å². The Morgan fingerprint density at radius 2 is 1.85 bits per heavy atom. The van der Waals surface area contributed by atoms with Crippen molar-refractivity contribution in [1.82, 2.24) is 4.90 Å². The second-order valence-electron chi connectivity index (χ2n) is 5.61. The highest BCUT2D eigenvalue weighted by atomic mass is 16.6. The summed E-state index contributed by atoms with van der Waals surface area (Å²) >= 11 is 0. The number of nitrogens with zero attached hydrogens (tertiary/aromatic N) is 2. The smallest absolute Gasteiger partial charge is 0.338 e. The predicted octanol–water partition coefficient (Wildman–Crippen LogP) is 2.81. The fourth-order valence-electron chi connectivity index (χ4n) is 2.44. The van der Waals surface area contributed by atoms with E-state index in [1.54, 1.807) is 4.90 Å². The van der Waals surface area contributed by atoms with E-state index in [9.17, 15) is 19.7 Å². The average Bonchev–Trinajstić information content (AvgIpc) is 2.70. The number of rotatable bonds is 8. The largest absolute Gasteiger partial charge is 0.477 e. The Bertz CT molecular complexity index is 822. The molecule has 0 heterocycles. The highest BCUT2D eigenvalue weighted by molar-refractivity contribution is 5.90. The van der Waals surface area contributed by atoms with Crippen LogP contribution in [0.3, 0.4) is 0 Å². The molecule has 27 heavy (non-hydrogen) atoms. The van der Waals surface area contributed by atoms with Crippen LogP contribution in [-0.4, -0.2) is 42.0 Å². The third-order valence-corrected chi connectivity index (χ3v) is 3.88. The summed E-state index contributed by atoms with van der Waals surface area (Å²) in [6.45, 7) is 2.39. The Labute approximate surface area is 156 Å². The lowest BCUT2D eigenvalue weighted by atomic mass is 10.2. The van der Waals surface area contributed by atoms with Crippen LogP contribution in [0.1, 0.15) is 22.8 Å². The van der Waals surface area contributed by atoms with E-state index in [2.05, 4.69) is 4.74 Å². The molecule has 0 aliphatic rings. The summed E-state index contributed by atoms with van der Waals surface area (Å²) in [5.74, 6) is -1.08. The van der Waals surface area contributed by atoms with E-state index in [0.29, 0.717) is 13.1 Å². The van der Waals surface area contributed by atoms with E-state index in [1.807, 2.05) is 37.3 Å². The molecule has 0 saturated heterocycles. The van der Waals surface area contributed by atoms with Gasteiger partial charge in [-0.3, -0.25) is 14.9 Å². The van der Waals surface area contributed by atoms with Crippen LogP contribution in [0.4, 0.5) is 5.69 Å². The number of hydrogen-bond donors (Lipinski definition) is 0. The number of benzene rings is 2. The molecule has 0 aliphatic heterocycles. The normalized spacial score (nSPS) is 10.1. The third-order valence-electron chi connectivity index (χ3n) is 3.88. The van der Waals surface area contributed by atoms with Gasteiger partial charge in [-0.15, -0.1) is 0 Å². The lowest BCUT2D eigenvalue weighted by Gasteiger charge is -2.21. The standard InChI is InChI=1S/C19H20N2O6/c1-3-20(12-14-7-5-4-6-8-14)18(22)13-27-17-10-9-15(19(23)26-2)11-16(17)21(24)25/h4-11H,3,12-13H2,1-2H3. The Hall–Kier alpha value is -3.42. The molecule has 0 saturated carbocycles. The maximum absolute atomic E-state index is 12.4. The SMILES string of the molecule is CCN(Cc1ccccc1)C(=O)COc1ccc(C(=O)OC)cc1[N+](=O)[O-]. The molecule has 0 radical (unpaired) electrons. The molecule has 0 N–H and O–H groups in total. The van der Waals surface area contributed by atoms with Crippen molar-refractivity contribution in [3.8, 4) is 5.75 Å². The minimum Gasteiger partial charge on any atom is -0.477 e. The molecule has 0 aliphatic carbocycles. The van der Waals surface area contributed by atoms with E-state index >= 15 is 0 Å². The zero-order chi connectivity index (χ0) is 19.8. The molecule has 8 nitrogen and oxygen atoms in total. The van der Waals surface area contributed by atoms with E-state index < -0.39 is 16.6 Å². The number of carbonyl (C=O) groups is 2. The minimum atomic E-state index is -0.694. The first kappa shape index (κ1) is 19.9. The van der Waals surface area contributed by atoms with Crippen LogP contribution in [-0.2, 0) is 16.1 Å². The molecule has 2 rings (SSSR count). The van der Waals surface area contributed by atoms with Gasteiger partial charge in [-0.25, -0.2) is 4.79 Å². The van der Waals surface area contributed by atoms with Crippen LogP contribution < -0.4 is 4.74 Å². The summed E-state index contributed by atoms with van der Waals surface area (Å²) in [5.41, 5.74) is 0.597. The summed E-state index contributed by atoms with van der Waals surface area (Å²) in [6.07, 6.45) is 0. The Balaban J connectivity index is 2.08. The van der Waals surface area contributed by atoms with E-state index in [4.69, 9.17) is 4.74 Å². The molecule has 2 aromatic rings. The Kier molecular flexibility index (Phi) is 6.87. The molecule has 0 fully saturated rings. The highest BCUT2D eigenvalue weighted by Gasteiger charge is 2.21. The number of nitro groups is 1. The van der Waals surface area contributed by atoms with Crippen molar-refractivity contribution in [3.05, 3.63) is 69.8 Å². The van der Waals surface area contributed by atoms with Crippen LogP contribution >= 0.6 is 0 Å². The number of hydrogen-bond acceptors (Lipinski definition) is 6. The summed E-state index contributed by atoms with van der Waals surface area (Å²) in [7, 11) is 1.18. The summed E-state index contributed by atoms with van der Waals surface area (Å²) in [6, 6.07) is 13.2. The van der Waals surface area contributed by atoms with Crippen LogP contribution in [0.25, 0.3) is 0 Å². The molecule has 8 heteroatoms. The van der Waals surface area contributed by atoms with Crippen molar-refractivity contribution >= 4 is 17.6 Å². The first-order chi connectivity index (χ1) is 13.0. The molecule has 2 aromatic carbocycles. The van der Waals surface area contributed by atoms with Gasteiger partial charge in [-0.05, 0) is 24.6 Å². The molecule has 0 unspecified atom stereocenters. The van der Waals surface area contributed by atoms with Crippen LogP contribution in [0, 0.1) is 10.1 Å². The summed E-state index contributed by atoms with van der Waals surface area (Å²) in [5, 5.41) is 11.2. The topological polar surface area (TPSA) is 99.0 Å². The molecular formula is C19H20N2O6. The van der Waals surface area contributed by atoms with E-state index in [-0.39, 0.29) is 23.8 Å². The Morgan fingerprint density at radius 1 is 1.15 bits per heavy atom. The number of amides is 1. The van der Waals surface area contributed by atoms with Crippen LogP contribution in [0.15, 0.2) is 48.5 Å². The van der Waals surface area contributed by atoms with Gasteiger partial charge >= 0.3 is 11.7 Å². The molecule has 0 spiro atoms. The second kappa shape index (κ2) is 9.33. The van der Waals surface area contributed by atoms with Crippen molar-refractivity contribution in [2.24, 2.45) is 0 Å². The van der Waals surface area contributed by atoms with Gasteiger partial charge in [0.15, 0.2) is 12.4 Å². The third kappa shape index (κ3) is 5.27. The number of nitro benzene ring substituents is 1. The number of likely N-dealkylation sites (N-methyl/N-ethyl adjacent to an activating group) is 1. The van der Waals surface area contributed by atoms with Gasteiger partial charge in [0.25, 0.3) is 5.91 Å². The van der Waals surface area contributed by atoms with Gasteiger partial charge in [0, 0.05) is 19.2 Å². The molecule has 0 aromatic heterocycles. The van der Waals surface area contributed by atoms with Gasteiger partial charge in [-0.1, -0.05) is 30.3 Å². The first-order valence-electron chi connectivity index (χ1n) is 8.27. The minimum absolute atomic E-state index is 0.0298. The van der Waals surface area contributed by atoms with E-state index in [0.717, 1.165) is 11.6 Å². The summed E-state index contributed by atoms with van der Waals surface area (Å²) < 4.78 is 9.91. The van der Waals surface area contributed by atoms with Gasteiger partial charge in [0.2, 0.25) is 0 Å². The highest BCUT2D eigenvalue weighted by Crippen LogP contribution is 2.28. The molecule has 0 atom stereocenters. The zero-order valence-electron chi connectivity index (χ0n) is 15.1. The molecule has 1 amide bonds. The fraction of sp³-hybridized carbons (Fsp3) is 0.263. The van der Waals surface area contributed by atoms with Gasteiger partial charge in [0.05, 0.1) is 17.6 Å². The zero-order valence-corrected chi connectivity index (χ0v) is 15.1. The molecule has 142 valence electrons. The molecule has 0 bridgehead atoms. The number of ether oxygens (including phenoxy) is 2. The van der Waals surface area contributed by atoms with Crippen molar-refractivity contribution in [3.63, 3.8) is 0 Å². The second-order valence-corrected chi connectivity index (χ2v) is 5.61. The van der Waals surface area contributed by atoms with Crippen molar-refractivity contribution in [2.45, 2.75) is 13.5 Å². The quantitative estimate of drug-likeness (QED) is 0.401. The lowest BCUT2D eigenvalue weighted by molar-refractivity contribution is -0.385. The van der Waals surface area contributed by atoms with Crippen molar-refractivity contribution in [1.29, 1.82) is 0 Å². The number of carbonyl (C=O) groups excluding carboxylic acids is 2. The number of methoxy groups -OCH3 is 1. The van der Waals surface area contributed by atoms with Crippen molar-refractivity contribution < 1.29 is 24.0 Å². The van der Waals surface area contributed by atoms with Crippen molar-refractivity contribution in [2.75, 3.05) is 20.3 Å².